The molecule has 8 heteroatoms. The number of hydrogen-bond acceptors (Lipinski definition) is 4. The first-order valence-electron chi connectivity index (χ1n) is 13.0. The minimum absolute atomic E-state index is 0. The van der Waals surface area contributed by atoms with Gasteiger partial charge in [0, 0.05) is 34.7 Å². The number of methoxy groups -OCH3 is 1. The van der Waals surface area contributed by atoms with Crippen molar-refractivity contribution >= 4 is 39.0 Å². The standard InChI is InChI=1S/C32H31N3O3S.ClH/c1-21-8-18-26(19-9-21)39(36,37)35-24-14-12-23(13-15-24)32(2)31-30(27-6-4-5-7-29(27)34-31)28(20-33-32)22-10-16-25(38-3)17-11-22;/h4-19,28,33-35H,20H2,1-3H3;1H. The Hall–Kier alpha value is -3.78. The van der Waals surface area contributed by atoms with E-state index in [1.807, 2.05) is 49.4 Å². The van der Waals surface area contributed by atoms with Crippen LogP contribution in [0.25, 0.3) is 10.9 Å². The van der Waals surface area contributed by atoms with Gasteiger partial charge in [0.05, 0.1) is 17.5 Å². The highest BCUT2D eigenvalue weighted by Gasteiger charge is 2.40. The summed E-state index contributed by atoms with van der Waals surface area (Å²) in [6.45, 7) is 4.86. The molecule has 1 aromatic heterocycles. The molecule has 0 spiro atoms. The van der Waals surface area contributed by atoms with Crippen LogP contribution in [0.15, 0.2) is 102 Å². The van der Waals surface area contributed by atoms with Gasteiger partial charge >= 0.3 is 0 Å². The quantitative estimate of drug-likeness (QED) is 0.211. The Kier molecular flexibility index (Phi) is 7.40. The number of sulfonamides is 1. The molecule has 0 fully saturated rings. The second-order valence-electron chi connectivity index (χ2n) is 10.3. The number of rotatable bonds is 6. The van der Waals surface area contributed by atoms with Crippen molar-refractivity contribution in [2.24, 2.45) is 0 Å². The fourth-order valence-corrected chi connectivity index (χ4v) is 6.65. The zero-order valence-corrected chi connectivity index (χ0v) is 24.2. The smallest absolute Gasteiger partial charge is 0.261 e. The van der Waals surface area contributed by atoms with E-state index in [2.05, 4.69) is 52.3 Å². The number of ether oxygens (including phenoxy) is 1. The molecule has 0 saturated carbocycles. The largest absolute Gasteiger partial charge is 0.497 e. The van der Waals surface area contributed by atoms with Crippen molar-refractivity contribution in [2.75, 3.05) is 18.4 Å². The molecule has 40 heavy (non-hydrogen) atoms. The lowest BCUT2D eigenvalue weighted by atomic mass is 9.76. The van der Waals surface area contributed by atoms with Crippen LogP contribution >= 0.6 is 12.4 Å². The maximum atomic E-state index is 12.9. The summed E-state index contributed by atoms with van der Waals surface area (Å²) >= 11 is 0. The first-order valence-corrected chi connectivity index (χ1v) is 14.5. The lowest BCUT2D eigenvalue weighted by molar-refractivity contribution is 0.389. The van der Waals surface area contributed by atoms with E-state index in [0.29, 0.717) is 5.69 Å². The number of H-pyrrole nitrogens is 1. The van der Waals surface area contributed by atoms with Gasteiger partial charge in [-0.1, -0.05) is 60.2 Å². The highest BCUT2D eigenvalue weighted by Crippen LogP contribution is 2.44. The Morgan fingerprint density at radius 2 is 1.57 bits per heavy atom. The van der Waals surface area contributed by atoms with E-state index in [-0.39, 0.29) is 23.2 Å². The number of hydrogen-bond donors (Lipinski definition) is 3. The molecule has 6 nitrogen and oxygen atoms in total. The molecule has 1 aliphatic heterocycles. The summed E-state index contributed by atoms with van der Waals surface area (Å²) in [5, 5.41) is 5.02. The summed E-state index contributed by atoms with van der Waals surface area (Å²) in [6.07, 6.45) is 0. The first kappa shape index (κ1) is 27.8. The predicted octanol–water partition coefficient (Wildman–Crippen LogP) is 6.71. The zero-order chi connectivity index (χ0) is 27.2. The van der Waals surface area contributed by atoms with Crippen LogP contribution < -0.4 is 14.8 Å². The van der Waals surface area contributed by atoms with E-state index in [0.717, 1.165) is 34.6 Å². The maximum Gasteiger partial charge on any atom is 0.261 e. The Labute approximate surface area is 241 Å². The third-order valence-electron chi connectivity index (χ3n) is 7.82. The molecule has 0 bridgehead atoms. The van der Waals surface area contributed by atoms with E-state index in [4.69, 9.17) is 4.74 Å². The van der Waals surface area contributed by atoms with Gasteiger partial charge < -0.3 is 15.0 Å². The monoisotopic (exact) mass is 573 g/mol. The van der Waals surface area contributed by atoms with Gasteiger partial charge in [0.15, 0.2) is 0 Å². The van der Waals surface area contributed by atoms with Crippen molar-refractivity contribution in [3.05, 3.63) is 125 Å². The van der Waals surface area contributed by atoms with Gasteiger partial charge in [-0.3, -0.25) is 4.72 Å². The summed E-state index contributed by atoms with van der Waals surface area (Å²) in [5.74, 6) is 1.00. The van der Waals surface area contributed by atoms with Crippen molar-refractivity contribution < 1.29 is 13.2 Å². The summed E-state index contributed by atoms with van der Waals surface area (Å²) in [6, 6.07) is 31.2. The van der Waals surface area contributed by atoms with E-state index in [9.17, 15) is 8.42 Å². The van der Waals surface area contributed by atoms with Crippen molar-refractivity contribution in [1.29, 1.82) is 0 Å². The fraction of sp³-hybridized carbons (Fsp3) is 0.188. The fourth-order valence-electron chi connectivity index (χ4n) is 5.59. The van der Waals surface area contributed by atoms with E-state index in [1.165, 1.54) is 16.5 Å². The molecule has 0 saturated heterocycles. The first-order chi connectivity index (χ1) is 18.8. The minimum atomic E-state index is -3.67. The Morgan fingerprint density at radius 1 is 0.900 bits per heavy atom. The van der Waals surface area contributed by atoms with Gasteiger partial charge in [0.25, 0.3) is 10.0 Å². The molecule has 4 aromatic carbocycles. The summed E-state index contributed by atoms with van der Waals surface area (Å²) in [7, 11) is -1.99. The lowest BCUT2D eigenvalue weighted by Crippen LogP contribution is -2.47. The molecule has 1 aliphatic rings. The maximum absolute atomic E-state index is 12.9. The molecule has 5 aromatic rings. The molecular weight excluding hydrogens is 542 g/mol. The highest BCUT2D eigenvalue weighted by atomic mass is 35.5. The number of aryl methyl sites for hydroxylation is 1. The third-order valence-corrected chi connectivity index (χ3v) is 9.22. The van der Waals surface area contributed by atoms with Crippen molar-refractivity contribution in [2.45, 2.75) is 30.2 Å². The van der Waals surface area contributed by atoms with Crippen LogP contribution in [-0.4, -0.2) is 27.1 Å². The van der Waals surface area contributed by atoms with Crippen LogP contribution in [0, 0.1) is 6.92 Å². The normalized spacial score (nSPS) is 18.5. The topological polar surface area (TPSA) is 83.2 Å². The van der Waals surface area contributed by atoms with Gasteiger partial charge in [-0.15, -0.1) is 12.4 Å². The zero-order valence-electron chi connectivity index (χ0n) is 22.6. The van der Waals surface area contributed by atoms with Crippen LogP contribution in [0.4, 0.5) is 5.69 Å². The number of halogens is 1. The number of aromatic nitrogens is 1. The summed E-state index contributed by atoms with van der Waals surface area (Å²) < 4.78 is 33.9. The number of para-hydroxylation sites is 1. The van der Waals surface area contributed by atoms with Gasteiger partial charge in [-0.25, -0.2) is 8.42 Å². The molecule has 206 valence electrons. The molecule has 2 atom stereocenters. The second kappa shape index (κ2) is 10.7. The average Bonchev–Trinajstić information content (AvgIpc) is 3.35. The van der Waals surface area contributed by atoms with Crippen molar-refractivity contribution in [3.63, 3.8) is 0 Å². The molecule has 0 aliphatic carbocycles. The molecular formula is C32H32ClN3O3S. The number of benzene rings is 4. The lowest BCUT2D eigenvalue weighted by Gasteiger charge is -2.39. The Bertz CT molecular complexity index is 1750. The van der Waals surface area contributed by atoms with Gasteiger partial charge in [0.1, 0.15) is 5.75 Å². The molecule has 2 unspecified atom stereocenters. The van der Waals surface area contributed by atoms with Crippen LogP contribution in [0.1, 0.15) is 40.8 Å². The predicted molar refractivity (Wildman–Crippen MR) is 163 cm³/mol. The summed E-state index contributed by atoms with van der Waals surface area (Å²) in [4.78, 5) is 3.95. The van der Waals surface area contributed by atoms with Crippen molar-refractivity contribution in [1.82, 2.24) is 10.3 Å². The SMILES string of the molecule is COc1ccc(C2CNC(C)(c3ccc(NS(=O)(=O)c4ccc(C)cc4)cc3)c3[nH]c4ccccc4c32)cc1.Cl. The second-order valence-corrected chi connectivity index (χ2v) is 12.0. The van der Waals surface area contributed by atoms with Crippen molar-refractivity contribution in [3.8, 4) is 5.75 Å². The molecule has 2 heterocycles. The number of fused-ring (bicyclic) bond motifs is 3. The van der Waals surface area contributed by atoms with Crippen LogP contribution in [0.5, 0.6) is 5.75 Å². The van der Waals surface area contributed by atoms with Crippen LogP contribution in [0.3, 0.4) is 0 Å². The molecule has 0 amide bonds. The average molecular weight is 574 g/mol. The molecule has 6 rings (SSSR count). The third kappa shape index (κ3) is 4.85. The molecule has 0 radical (unpaired) electrons. The highest BCUT2D eigenvalue weighted by molar-refractivity contribution is 7.92. The van der Waals surface area contributed by atoms with Gasteiger partial charge in [-0.05, 0) is 73.0 Å². The Balaban J connectivity index is 0.00000323. The van der Waals surface area contributed by atoms with Crippen LogP contribution in [-0.2, 0) is 15.6 Å². The minimum Gasteiger partial charge on any atom is -0.497 e. The van der Waals surface area contributed by atoms with E-state index < -0.39 is 15.6 Å². The Morgan fingerprint density at radius 3 is 2.25 bits per heavy atom. The van der Waals surface area contributed by atoms with E-state index in [1.54, 1.807) is 31.4 Å². The summed E-state index contributed by atoms with van der Waals surface area (Å²) in [5.41, 5.74) is 6.79. The molecule has 3 N–H and O–H groups in total. The number of aromatic amines is 1. The number of anilines is 1. The number of nitrogens with one attached hydrogen (secondary N) is 3. The van der Waals surface area contributed by atoms with E-state index >= 15 is 0 Å². The van der Waals surface area contributed by atoms with Gasteiger partial charge in [-0.2, -0.15) is 0 Å². The van der Waals surface area contributed by atoms with Crippen LogP contribution in [0.2, 0.25) is 0 Å². The van der Waals surface area contributed by atoms with Gasteiger partial charge in [0.2, 0.25) is 0 Å².